The minimum Gasteiger partial charge on any atom is -0.872 e. The van der Waals surface area contributed by atoms with E-state index in [4.69, 9.17) is 9.47 Å². The molecule has 650 valence electrons. The number of hydrogen-bond acceptors (Lipinski definition) is 32. The Hall–Kier alpha value is -10.7. The second-order valence-corrected chi connectivity index (χ2v) is 42.0. The van der Waals surface area contributed by atoms with Gasteiger partial charge in [-0.25, -0.2) is 16.8 Å². The summed E-state index contributed by atoms with van der Waals surface area (Å²) in [6, 6.07) is 8.92. The molecule has 12 rings (SSSR count). The summed E-state index contributed by atoms with van der Waals surface area (Å²) in [6.07, 6.45) is -12.3. The van der Waals surface area contributed by atoms with Crippen LogP contribution in [-0.2, 0) is 165 Å². The monoisotopic (exact) mass is 1880 g/mol. The highest BCUT2D eigenvalue weighted by Gasteiger charge is 2.30. The van der Waals surface area contributed by atoms with Crippen molar-refractivity contribution in [2.75, 3.05) is 13.2 Å². The lowest BCUT2D eigenvalue weighted by molar-refractivity contribution is -0.273. The molecule has 0 spiro atoms. The molecular formula is C72H52O40S10-10. The summed E-state index contributed by atoms with van der Waals surface area (Å²) in [7, 11) is -56.5. The normalized spacial score (nSPS) is 14.1. The highest BCUT2D eigenvalue weighted by molar-refractivity contribution is 7.88. The van der Waals surface area contributed by atoms with E-state index < -0.39 is 396 Å². The molecule has 10 aromatic rings. The van der Waals surface area contributed by atoms with Crippen LogP contribution >= 0.6 is 0 Å². The second kappa shape index (κ2) is 31.9. The van der Waals surface area contributed by atoms with Gasteiger partial charge in [0.15, 0.2) is 0 Å². The molecule has 0 saturated heterocycles. The van der Waals surface area contributed by atoms with Crippen molar-refractivity contribution in [1.29, 1.82) is 0 Å². The van der Waals surface area contributed by atoms with Gasteiger partial charge in [-0.15, -0.1) is 46.0 Å². The fraction of sp³-hybridized carbons (Fsp3) is 0.167. The lowest BCUT2D eigenvalue weighted by Crippen LogP contribution is -2.16. The van der Waals surface area contributed by atoms with Gasteiger partial charge in [-0.05, 0) is 249 Å². The molecular weight excluding hydrogens is 1830 g/mol. The van der Waals surface area contributed by atoms with Gasteiger partial charge in [-0.3, -0.25) is 36.4 Å². The first-order valence-corrected chi connectivity index (χ1v) is 48.2. The van der Waals surface area contributed by atoms with Crippen molar-refractivity contribution >= 4 is 101 Å². The SMILES string of the molecule is O=S(=O)([O-])c1cc2c([O-])c(c1)Cc1cc(S(=O)(=O)O)cc(c1[O-])Cc1cc(S(=O)(=O)O)cc(c1OCCOc1c3cc(S(=O)(=O)O)cc1Cc1cc(S(=O)(=O)O)cc(c1[O-])Cc1cc(S(=O)(=O)O)cc(c1[O-])Cc1cc(S(=O)(=O)O)cc(c1[O-])Cc1cc(S(=O)(=O)O)cc(c1[O-])C3)Cc1cc(S(=O)(=O)O)cc(c1[O-])Cc1cc(S(=O)(=O)[O-])cc(c1[O-])C2. The van der Waals surface area contributed by atoms with Crippen molar-refractivity contribution in [2.45, 2.75) is 113 Å². The second-order valence-electron chi connectivity index (χ2n) is 27.9. The van der Waals surface area contributed by atoms with E-state index in [1.54, 1.807) is 0 Å². The first-order valence-electron chi connectivity index (χ1n) is 33.9. The Labute approximate surface area is 692 Å². The molecule has 0 aromatic heterocycles. The molecule has 10 aromatic carbocycles. The molecule has 2 aliphatic carbocycles. The average Bonchev–Trinajstić information content (AvgIpc) is 0.806. The highest BCUT2D eigenvalue weighted by Crippen LogP contribution is 2.45. The molecule has 0 atom stereocenters. The smallest absolute Gasteiger partial charge is 0.294 e. The Balaban J connectivity index is 1.11. The molecule has 0 radical (unpaired) electrons. The van der Waals surface area contributed by atoms with Gasteiger partial charge in [0.05, 0.1) is 49.0 Å². The standard InChI is InChI=1S/C72H62O40S10/c73-63-33-3-34-14-54(114(84,85)86)18-38(64(34)74)6-42-22-58(118(96,97)98)26-46(68(42)78)10-50-30-61(121(105,106)107)29-49(9-45-25-57(117(93,94)95)21-41(67(45)77)5-37(63)17-53(13-33)113(81,82)83)71(50)111-1-2-112-72-51-11-47-27-59(119(99,100)101)23-43(69(47)79)7-39-19-55(115(87,88)89)15-35(65(39)75)4-36-16-56(116(90,91)92)20-40(66(36)76)8-44-24-60(120(102,103)104)28-48(70(44)80)12-52(72)32-62(31-51)122(108,109)110/h13-32,73-80H,1-12H2,(H,81,82,83)(H,84,85,86)(H,87,88,89)(H,90,91,92)(H,93,94,95)(H,96,97,98)(H,99,100,101)(H,102,103,104)(H,105,106,107)(H,108,109,110)/p-10. The van der Waals surface area contributed by atoms with E-state index in [1.807, 2.05) is 0 Å². The summed E-state index contributed by atoms with van der Waals surface area (Å²) >= 11 is 0. The number of ether oxygens (including phenoxy) is 2. The van der Waals surface area contributed by atoms with E-state index >= 15 is 20.4 Å². The summed E-state index contributed by atoms with van der Waals surface area (Å²) in [5.41, 5.74) is -17.5. The summed E-state index contributed by atoms with van der Waals surface area (Å²) in [5.74, 6) is -13.0. The maximum Gasteiger partial charge on any atom is 0.294 e. The number of rotatable bonds is 15. The molecule has 0 aliphatic heterocycles. The van der Waals surface area contributed by atoms with Crippen molar-refractivity contribution in [3.05, 3.63) is 233 Å². The van der Waals surface area contributed by atoms with Crippen LogP contribution in [-0.4, -0.2) is 143 Å². The Morgan fingerprint density at radius 3 is 0.393 bits per heavy atom. The van der Waals surface area contributed by atoms with Crippen molar-refractivity contribution in [3.8, 4) is 57.5 Å². The van der Waals surface area contributed by atoms with E-state index in [0.717, 1.165) is 0 Å². The zero-order valence-electron chi connectivity index (χ0n) is 60.8. The van der Waals surface area contributed by atoms with E-state index in [2.05, 4.69) is 0 Å². The third-order valence-electron chi connectivity index (χ3n) is 19.5. The predicted molar refractivity (Wildman–Crippen MR) is 393 cm³/mol. The lowest BCUT2D eigenvalue weighted by atomic mass is 9.91. The van der Waals surface area contributed by atoms with Gasteiger partial charge in [0.2, 0.25) is 0 Å². The van der Waals surface area contributed by atoms with Crippen LogP contribution in [0.2, 0.25) is 0 Å². The highest BCUT2D eigenvalue weighted by atomic mass is 32.3. The third-order valence-corrected chi connectivity index (χ3v) is 27.8. The quantitative estimate of drug-likeness (QED) is 0.0496. The minimum absolute atomic E-state index is 0.388. The van der Waals surface area contributed by atoms with Crippen LogP contribution in [0.1, 0.15) is 111 Å². The molecule has 40 nitrogen and oxygen atoms in total. The molecule has 8 N–H and O–H groups in total. The van der Waals surface area contributed by atoms with Gasteiger partial charge < -0.3 is 59.4 Å². The summed E-state index contributed by atoms with van der Waals surface area (Å²) in [6.45, 7) is -2.41. The largest absolute Gasteiger partial charge is 0.872 e. The van der Waals surface area contributed by atoms with Crippen LogP contribution in [0.15, 0.2) is 170 Å². The first kappa shape index (κ1) is 90.5. The minimum atomic E-state index is -5.76. The van der Waals surface area contributed by atoms with Crippen LogP contribution in [0.4, 0.5) is 0 Å². The van der Waals surface area contributed by atoms with E-state index in [-0.39, 0.29) is 0 Å². The van der Waals surface area contributed by atoms with Crippen molar-refractivity contribution < 1.29 is 180 Å². The van der Waals surface area contributed by atoms with Gasteiger partial charge in [0, 0.05) is 47.9 Å². The molecule has 122 heavy (non-hydrogen) atoms. The molecule has 0 unspecified atom stereocenters. The first-order chi connectivity index (χ1) is 56.0. The third kappa shape index (κ3) is 19.5. The van der Waals surface area contributed by atoms with Crippen LogP contribution < -0.4 is 50.3 Å². The maximum atomic E-state index is 15.0. The van der Waals surface area contributed by atoms with Crippen LogP contribution in [0.25, 0.3) is 0 Å². The lowest BCUT2D eigenvalue weighted by Gasteiger charge is -2.28. The Morgan fingerprint density at radius 2 is 0.287 bits per heavy atom. The molecule has 2 aliphatic rings. The van der Waals surface area contributed by atoms with Gasteiger partial charge in [0.25, 0.3) is 80.9 Å². The van der Waals surface area contributed by atoms with Crippen molar-refractivity contribution in [3.63, 3.8) is 0 Å². The topological polar surface area (TPSA) is 752 Å². The maximum absolute atomic E-state index is 15.0. The predicted octanol–water partition coefficient (Wildman–Crippen LogP) is 0.0498. The molecule has 20 bridgehead atoms. The van der Waals surface area contributed by atoms with Gasteiger partial charge >= 0.3 is 0 Å². The Bertz CT molecular complexity index is 6620. The van der Waals surface area contributed by atoms with E-state index in [9.17, 15) is 150 Å². The van der Waals surface area contributed by atoms with Gasteiger partial charge in [0.1, 0.15) is 44.9 Å². The molecule has 0 amide bonds. The van der Waals surface area contributed by atoms with Crippen molar-refractivity contribution in [1.82, 2.24) is 0 Å². The van der Waals surface area contributed by atoms with Crippen LogP contribution in [0.5, 0.6) is 57.5 Å². The summed E-state index contributed by atoms with van der Waals surface area (Å²) in [4.78, 5) is -12.6. The van der Waals surface area contributed by atoms with E-state index in [1.165, 1.54) is 0 Å². The Morgan fingerprint density at radius 1 is 0.189 bits per heavy atom. The number of hydrogen-bond donors (Lipinski definition) is 8. The van der Waals surface area contributed by atoms with Gasteiger partial charge in [-0.1, -0.05) is 0 Å². The average molecular weight is 1880 g/mol. The summed E-state index contributed by atoms with van der Waals surface area (Å²) < 4.78 is 386. The molecule has 0 saturated carbocycles. The number of benzene rings is 10. The zero-order chi connectivity index (χ0) is 90.1. The number of fused-ring (bicyclic) bond motifs is 20. The molecule has 0 heterocycles. The zero-order valence-corrected chi connectivity index (χ0v) is 68.9. The van der Waals surface area contributed by atoms with Crippen LogP contribution in [0.3, 0.4) is 0 Å². The van der Waals surface area contributed by atoms with Crippen molar-refractivity contribution in [2.24, 2.45) is 0 Å². The Kier molecular flexibility index (Phi) is 23.7. The summed E-state index contributed by atoms with van der Waals surface area (Å²) in [5, 5.41) is 118. The van der Waals surface area contributed by atoms with Gasteiger partial charge in [-0.2, -0.15) is 67.3 Å². The fourth-order valence-corrected chi connectivity index (χ4v) is 19.8. The molecule has 50 heteroatoms. The van der Waals surface area contributed by atoms with E-state index in [0.29, 0.717) is 121 Å². The van der Waals surface area contributed by atoms with Crippen LogP contribution in [0, 0.1) is 0 Å². The fourth-order valence-electron chi connectivity index (χ4n) is 14.0. The molecule has 0 fully saturated rings.